The molecule has 3 atom stereocenters. The fraction of sp³-hybridized carbons (Fsp3) is 1.00. The summed E-state index contributed by atoms with van der Waals surface area (Å²) >= 11 is 0. The first-order chi connectivity index (χ1) is 8.77. The Balaban J connectivity index is 2.75. The van der Waals surface area contributed by atoms with E-state index in [9.17, 15) is 0 Å². The summed E-state index contributed by atoms with van der Waals surface area (Å²) in [5, 5.41) is 3.71. The first-order valence-corrected chi connectivity index (χ1v) is 7.84. The number of piperazine rings is 1. The molecule has 0 aliphatic carbocycles. The van der Waals surface area contributed by atoms with Crippen LogP contribution in [0.15, 0.2) is 0 Å². The van der Waals surface area contributed by atoms with Gasteiger partial charge >= 0.3 is 0 Å². The Labute approximate surface area is 120 Å². The summed E-state index contributed by atoms with van der Waals surface area (Å²) in [4.78, 5) is 2.66. The first kappa shape index (κ1) is 16.9. The lowest BCUT2D eigenvalue weighted by Crippen LogP contribution is -2.63. The van der Waals surface area contributed by atoms with Crippen molar-refractivity contribution >= 4 is 0 Å². The largest absolute Gasteiger partial charge is 0.380 e. The van der Waals surface area contributed by atoms with Crippen LogP contribution < -0.4 is 5.32 Å². The molecule has 1 N–H and O–H groups in total. The monoisotopic (exact) mass is 270 g/mol. The number of hydrogen-bond acceptors (Lipinski definition) is 3. The predicted octanol–water partition coefficient (Wildman–Crippen LogP) is 2.76. The molecule has 3 heteroatoms. The zero-order valence-electron chi connectivity index (χ0n) is 14.0. The zero-order valence-corrected chi connectivity index (χ0v) is 14.0. The molecule has 1 aliphatic rings. The van der Waals surface area contributed by atoms with Gasteiger partial charge in [0.15, 0.2) is 0 Å². The third-order valence-corrected chi connectivity index (χ3v) is 4.35. The second kappa shape index (κ2) is 7.05. The number of nitrogens with one attached hydrogen (secondary N) is 1. The highest BCUT2D eigenvalue weighted by molar-refractivity contribution is 4.93. The fourth-order valence-corrected chi connectivity index (χ4v) is 2.84. The molecule has 0 amide bonds. The van der Waals surface area contributed by atoms with E-state index in [1.807, 2.05) is 0 Å². The van der Waals surface area contributed by atoms with Gasteiger partial charge < -0.3 is 10.1 Å². The Morgan fingerprint density at radius 2 is 1.95 bits per heavy atom. The molecule has 0 aromatic carbocycles. The van der Waals surface area contributed by atoms with Gasteiger partial charge in [0.1, 0.15) is 0 Å². The molecule has 0 radical (unpaired) electrons. The molecule has 1 heterocycles. The highest BCUT2D eigenvalue weighted by Crippen LogP contribution is 2.26. The van der Waals surface area contributed by atoms with Crippen molar-refractivity contribution in [1.82, 2.24) is 10.2 Å². The minimum absolute atomic E-state index is 0.311. The Hall–Kier alpha value is -0.120. The molecule has 0 aromatic heterocycles. The molecule has 0 bridgehead atoms. The molecule has 114 valence electrons. The van der Waals surface area contributed by atoms with Crippen LogP contribution >= 0.6 is 0 Å². The van der Waals surface area contributed by atoms with Crippen LogP contribution in [-0.4, -0.2) is 49.3 Å². The summed E-state index contributed by atoms with van der Waals surface area (Å²) in [7, 11) is 0. The number of hydrogen-bond donors (Lipinski definition) is 1. The Morgan fingerprint density at radius 3 is 2.42 bits per heavy atom. The smallest absolute Gasteiger partial charge is 0.0624 e. The van der Waals surface area contributed by atoms with Crippen molar-refractivity contribution < 1.29 is 4.74 Å². The molecular weight excluding hydrogens is 236 g/mol. The SMILES string of the molecule is CCOCC(C(C)C)N1CC(C(C)(C)C)NCC1C. The van der Waals surface area contributed by atoms with E-state index in [-0.39, 0.29) is 0 Å². The summed E-state index contributed by atoms with van der Waals surface area (Å²) < 4.78 is 5.72. The minimum atomic E-state index is 0.311. The van der Waals surface area contributed by atoms with Gasteiger partial charge in [0.2, 0.25) is 0 Å². The van der Waals surface area contributed by atoms with Crippen molar-refractivity contribution in [3.63, 3.8) is 0 Å². The Morgan fingerprint density at radius 1 is 1.32 bits per heavy atom. The van der Waals surface area contributed by atoms with E-state index in [0.717, 1.165) is 26.3 Å². The van der Waals surface area contributed by atoms with Gasteiger partial charge in [0.25, 0.3) is 0 Å². The molecule has 0 saturated carbocycles. The van der Waals surface area contributed by atoms with Crippen molar-refractivity contribution in [2.45, 2.75) is 66.6 Å². The zero-order chi connectivity index (χ0) is 14.6. The number of nitrogens with zero attached hydrogens (tertiary/aromatic N) is 1. The molecule has 3 unspecified atom stereocenters. The third-order valence-electron chi connectivity index (χ3n) is 4.35. The van der Waals surface area contributed by atoms with Crippen molar-refractivity contribution in [3.05, 3.63) is 0 Å². The van der Waals surface area contributed by atoms with Crippen LogP contribution in [0.4, 0.5) is 0 Å². The summed E-state index contributed by atoms with van der Waals surface area (Å²) in [6.45, 7) is 19.9. The van der Waals surface area contributed by atoms with E-state index < -0.39 is 0 Å². The van der Waals surface area contributed by atoms with E-state index in [0.29, 0.717) is 29.5 Å². The van der Waals surface area contributed by atoms with Gasteiger partial charge in [-0.2, -0.15) is 0 Å². The lowest BCUT2D eigenvalue weighted by Gasteiger charge is -2.48. The van der Waals surface area contributed by atoms with Crippen LogP contribution in [0, 0.1) is 11.3 Å². The molecule has 1 aliphatic heterocycles. The van der Waals surface area contributed by atoms with Crippen molar-refractivity contribution in [2.75, 3.05) is 26.3 Å². The average molecular weight is 270 g/mol. The highest BCUT2D eigenvalue weighted by Gasteiger charge is 2.36. The molecule has 1 saturated heterocycles. The van der Waals surface area contributed by atoms with Crippen LogP contribution in [0.2, 0.25) is 0 Å². The molecule has 0 aromatic rings. The predicted molar refractivity (Wildman–Crippen MR) is 82.5 cm³/mol. The van der Waals surface area contributed by atoms with E-state index in [2.05, 4.69) is 58.7 Å². The highest BCUT2D eigenvalue weighted by atomic mass is 16.5. The van der Waals surface area contributed by atoms with Crippen molar-refractivity contribution in [1.29, 1.82) is 0 Å². The van der Waals surface area contributed by atoms with Crippen LogP contribution in [-0.2, 0) is 4.74 Å². The Kier molecular flexibility index (Phi) is 6.28. The van der Waals surface area contributed by atoms with E-state index in [4.69, 9.17) is 4.74 Å². The molecule has 1 fully saturated rings. The van der Waals surface area contributed by atoms with Gasteiger partial charge in [-0.15, -0.1) is 0 Å². The minimum Gasteiger partial charge on any atom is -0.380 e. The third kappa shape index (κ3) is 4.73. The van der Waals surface area contributed by atoms with Gasteiger partial charge in [-0.05, 0) is 25.2 Å². The van der Waals surface area contributed by atoms with Gasteiger partial charge in [0, 0.05) is 37.8 Å². The lowest BCUT2D eigenvalue weighted by atomic mass is 9.84. The van der Waals surface area contributed by atoms with Gasteiger partial charge in [0.05, 0.1) is 6.61 Å². The molecular formula is C16H34N2O. The van der Waals surface area contributed by atoms with Crippen LogP contribution in [0.5, 0.6) is 0 Å². The maximum absolute atomic E-state index is 5.72. The average Bonchev–Trinajstić information content (AvgIpc) is 2.29. The molecule has 19 heavy (non-hydrogen) atoms. The summed E-state index contributed by atoms with van der Waals surface area (Å²) in [5.74, 6) is 0.632. The van der Waals surface area contributed by atoms with Gasteiger partial charge in [-0.25, -0.2) is 0 Å². The second-order valence-electron chi connectivity index (χ2n) is 7.34. The maximum atomic E-state index is 5.72. The van der Waals surface area contributed by atoms with E-state index in [1.165, 1.54) is 0 Å². The van der Waals surface area contributed by atoms with Crippen LogP contribution in [0.3, 0.4) is 0 Å². The normalized spacial score (nSPS) is 27.8. The summed E-state index contributed by atoms with van der Waals surface area (Å²) in [5.41, 5.74) is 0.311. The first-order valence-electron chi connectivity index (χ1n) is 7.84. The molecule has 0 spiro atoms. The van der Waals surface area contributed by atoms with Crippen molar-refractivity contribution in [2.24, 2.45) is 11.3 Å². The summed E-state index contributed by atoms with van der Waals surface area (Å²) in [6.07, 6.45) is 0. The molecule has 3 nitrogen and oxygen atoms in total. The quantitative estimate of drug-likeness (QED) is 0.831. The standard InChI is InChI=1S/C16H34N2O/c1-8-19-11-14(12(2)3)18-10-15(16(5,6)7)17-9-13(18)4/h12-15,17H,8-11H2,1-7H3. The Bertz CT molecular complexity index is 260. The topological polar surface area (TPSA) is 24.5 Å². The van der Waals surface area contributed by atoms with Crippen LogP contribution in [0.1, 0.15) is 48.5 Å². The second-order valence-corrected chi connectivity index (χ2v) is 7.34. The van der Waals surface area contributed by atoms with Crippen molar-refractivity contribution in [3.8, 4) is 0 Å². The van der Waals surface area contributed by atoms with E-state index in [1.54, 1.807) is 0 Å². The number of rotatable bonds is 5. The van der Waals surface area contributed by atoms with Gasteiger partial charge in [-0.1, -0.05) is 34.6 Å². The molecule has 1 rings (SSSR count). The maximum Gasteiger partial charge on any atom is 0.0624 e. The number of ether oxygens (including phenoxy) is 1. The van der Waals surface area contributed by atoms with Crippen LogP contribution in [0.25, 0.3) is 0 Å². The van der Waals surface area contributed by atoms with Gasteiger partial charge in [-0.3, -0.25) is 4.90 Å². The van der Waals surface area contributed by atoms with E-state index >= 15 is 0 Å². The summed E-state index contributed by atoms with van der Waals surface area (Å²) in [6, 6.07) is 1.68. The fourth-order valence-electron chi connectivity index (χ4n) is 2.84. The lowest BCUT2D eigenvalue weighted by molar-refractivity contribution is -0.00717.